The lowest BCUT2D eigenvalue weighted by atomic mass is 10.2. The van der Waals surface area contributed by atoms with Crippen molar-refractivity contribution < 1.29 is 22.7 Å². The van der Waals surface area contributed by atoms with Gasteiger partial charge in [0.05, 0.1) is 30.4 Å². The second-order valence-corrected chi connectivity index (χ2v) is 8.57. The summed E-state index contributed by atoms with van der Waals surface area (Å²) < 4.78 is 38.2. The summed E-state index contributed by atoms with van der Waals surface area (Å²) in [6, 6.07) is 8.10. The highest BCUT2D eigenvalue weighted by molar-refractivity contribution is 7.89. The molecule has 8 nitrogen and oxygen atoms in total. The summed E-state index contributed by atoms with van der Waals surface area (Å²) in [5.41, 5.74) is 1.08. The molecule has 0 bridgehead atoms. The number of sulfonamides is 1. The third kappa shape index (κ3) is 5.65. The van der Waals surface area contributed by atoms with Gasteiger partial charge in [-0.3, -0.25) is 9.78 Å². The average molecular weight is 432 g/mol. The summed E-state index contributed by atoms with van der Waals surface area (Å²) in [5.74, 6) is 0.0158. The van der Waals surface area contributed by atoms with E-state index in [1.807, 2.05) is 13.0 Å². The second-order valence-electron chi connectivity index (χ2n) is 6.63. The molecule has 2 heterocycles. The molecule has 30 heavy (non-hydrogen) atoms. The van der Waals surface area contributed by atoms with Crippen molar-refractivity contribution >= 4 is 27.7 Å². The molecule has 0 aliphatic carbocycles. The van der Waals surface area contributed by atoms with Crippen LogP contribution in [-0.2, 0) is 19.6 Å². The lowest BCUT2D eigenvalue weighted by Crippen LogP contribution is -2.40. The number of pyridine rings is 1. The van der Waals surface area contributed by atoms with E-state index in [0.29, 0.717) is 44.3 Å². The molecule has 1 saturated heterocycles. The zero-order valence-electron chi connectivity index (χ0n) is 16.8. The van der Waals surface area contributed by atoms with Crippen LogP contribution in [0.4, 0.5) is 5.69 Å². The molecule has 0 radical (unpaired) electrons. The number of benzene rings is 1. The average Bonchev–Trinajstić information content (AvgIpc) is 2.78. The van der Waals surface area contributed by atoms with Crippen molar-refractivity contribution in [2.45, 2.75) is 18.2 Å². The molecule has 0 atom stereocenters. The molecular formula is C21H25N3O5S. The van der Waals surface area contributed by atoms with Crippen molar-refractivity contribution in [3.63, 3.8) is 0 Å². The minimum absolute atomic E-state index is 0.0970. The Bertz CT molecular complexity index is 987. The normalized spacial score (nSPS) is 15.2. The molecule has 9 heteroatoms. The quantitative estimate of drug-likeness (QED) is 0.645. The van der Waals surface area contributed by atoms with Crippen molar-refractivity contribution in [1.29, 1.82) is 0 Å². The van der Waals surface area contributed by atoms with Gasteiger partial charge in [0.1, 0.15) is 5.75 Å². The maximum absolute atomic E-state index is 13.0. The zero-order valence-corrected chi connectivity index (χ0v) is 17.6. The fraction of sp³-hybridized carbons (Fsp3) is 0.333. The van der Waals surface area contributed by atoms with Gasteiger partial charge in [-0.2, -0.15) is 4.31 Å². The Balaban J connectivity index is 1.83. The van der Waals surface area contributed by atoms with Crippen LogP contribution < -0.4 is 10.1 Å². The van der Waals surface area contributed by atoms with Gasteiger partial charge >= 0.3 is 0 Å². The van der Waals surface area contributed by atoms with E-state index < -0.39 is 15.9 Å². The number of rotatable bonds is 8. The number of carbonyl (C=O) groups is 1. The molecule has 1 aliphatic heterocycles. The predicted molar refractivity (Wildman–Crippen MR) is 114 cm³/mol. The van der Waals surface area contributed by atoms with E-state index in [0.717, 1.165) is 12.0 Å². The molecule has 1 aliphatic rings. The largest absolute Gasteiger partial charge is 0.491 e. The standard InChI is InChI=1S/C21H25N3O5S/c1-2-12-29-20-7-6-18(30(26,27)24-10-13-28-14-11-24)15-19(20)23-21(25)8-5-17-4-3-9-22-16-17/h3-9,15-16H,2,10-14H2,1H3,(H,23,25). The van der Waals surface area contributed by atoms with Gasteiger partial charge < -0.3 is 14.8 Å². The van der Waals surface area contributed by atoms with Gasteiger partial charge in [0.25, 0.3) is 0 Å². The number of nitrogens with one attached hydrogen (secondary N) is 1. The highest BCUT2D eigenvalue weighted by Crippen LogP contribution is 2.30. The Labute approximate surface area is 176 Å². The van der Waals surface area contributed by atoms with E-state index >= 15 is 0 Å². The molecule has 1 amide bonds. The number of ether oxygens (including phenoxy) is 2. The zero-order chi connectivity index (χ0) is 21.4. The number of carbonyl (C=O) groups excluding carboxylic acids is 1. The fourth-order valence-electron chi connectivity index (χ4n) is 2.86. The molecule has 3 rings (SSSR count). The predicted octanol–water partition coefficient (Wildman–Crippen LogP) is 2.54. The Morgan fingerprint density at radius 2 is 2.10 bits per heavy atom. The fourth-order valence-corrected chi connectivity index (χ4v) is 4.30. The highest BCUT2D eigenvalue weighted by atomic mass is 32.2. The van der Waals surface area contributed by atoms with Crippen molar-refractivity contribution in [3.8, 4) is 5.75 Å². The van der Waals surface area contributed by atoms with Crippen LogP contribution in [0.3, 0.4) is 0 Å². The van der Waals surface area contributed by atoms with E-state index in [9.17, 15) is 13.2 Å². The number of hydrogen-bond acceptors (Lipinski definition) is 6. The van der Waals surface area contributed by atoms with E-state index in [-0.39, 0.29) is 4.90 Å². The van der Waals surface area contributed by atoms with E-state index in [4.69, 9.17) is 9.47 Å². The van der Waals surface area contributed by atoms with Crippen LogP contribution in [0.2, 0.25) is 0 Å². The molecule has 0 saturated carbocycles. The van der Waals surface area contributed by atoms with Gasteiger partial charge in [-0.15, -0.1) is 0 Å². The highest BCUT2D eigenvalue weighted by Gasteiger charge is 2.27. The van der Waals surface area contributed by atoms with Gasteiger partial charge in [-0.05, 0) is 42.3 Å². The van der Waals surface area contributed by atoms with E-state index in [1.54, 1.807) is 30.6 Å². The number of morpholine rings is 1. The third-order valence-electron chi connectivity index (χ3n) is 4.39. The van der Waals surface area contributed by atoms with Crippen LogP contribution in [-0.4, -0.2) is 56.5 Å². The number of hydrogen-bond donors (Lipinski definition) is 1. The molecule has 1 aromatic heterocycles. The number of amides is 1. The van der Waals surface area contributed by atoms with Gasteiger partial charge in [0.15, 0.2) is 0 Å². The van der Waals surface area contributed by atoms with Crippen molar-refractivity contribution in [2.24, 2.45) is 0 Å². The summed E-state index contributed by atoms with van der Waals surface area (Å²) >= 11 is 0. The van der Waals surface area contributed by atoms with Gasteiger partial charge in [0, 0.05) is 31.6 Å². The van der Waals surface area contributed by atoms with E-state index in [2.05, 4.69) is 10.3 Å². The van der Waals surface area contributed by atoms with Crippen LogP contribution in [0.1, 0.15) is 18.9 Å². The van der Waals surface area contributed by atoms with Gasteiger partial charge in [-0.1, -0.05) is 13.0 Å². The van der Waals surface area contributed by atoms with Gasteiger partial charge in [0.2, 0.25) is 15.9 Å². The summed E-state index contributed by atoms with van der Waals surface area (Å²) in [5, 5.41) is 2.73. The molecule has 160 valence electrons. The van der Waals surface area contributed by atoms with Crippen molar-refractivity contribution in [2.75, 3.05) is 38.2 Å². The van der Waals surface area contributed by atoms with Gasteiger partial charge in [-0.25, -0.2) is 8.42 Å². The molecule has 1 aromatic carbocycles. The first-order chi connectivity index (χ1) is 14.5. The minimum Gasteiger partial charge on any atom is -0.491 e. The summed E-state index contributed by atoms with van der Waals surface area (Å²) in [6.45, 7) is 3.73. The van der Waals surface area contributed by atoms with Crippen LogP contribution in [0, 0.1) is 0 Å². The lowest BCUT2D eigenvalue weighted by molar-refractivity contribution is -0.111. The summed E-state index contributed by atoms with van der Waals surface area (Å²) in [6.07, 6.45) is 7.05. The molecule has 0 spiro atoms. The number of nitrogens with zero attached hydrogens (tertiary/aromatic N) is 2. The van der Waals surface area contributed by atoms with E-state index in [1.165, 1.54) is 22.5 Å². The van der Waals surface area contributed by atoms with Crippen LogP contribution in [0.5, 0.6) is 5.75 Å². The van der Waals surface area contributed by atoms with Crippen LogP contribution >= 0.6 is 0 Å². The molecule has 1 fully saturated rings. The Hall–Kier alpha value is -2.75. The Morgan fingerprint density at radius 3 is 2.80 bits per heavy atom. The first-order valence-corrected chi connectivity index (χ1v) is 11.2. The minimum atomic E-state index is -3.69. The first-order valence-electron chi connectivity index (χ1n) is 9.74. The summed E-state index contributed by atoms with van der Waals surface area (Å²) in [7, 11) is -3.69. The van der Waals surface area contributed by atoms with Crippen LogP contribution in [0.15, 0.2) is 53.7 Å². The maximum Gasteiger partial charge on any atom is 0.248 e. The van der Waals surface area contributed by atoms with Crippen LogP contribution in [0.25, 0.3) is 6.08 Å². The molecule has 2 aromatic rings. The Kier molecular flexibility index (Phi) is 7.56. The van der Waals surface area contributed by atoms with Crippen molar-refractivity contribution in [3.05, 3.63) is 54.4 Å². The molecule has 0 unspecified atom stereocenters. The molecule has 1 N–H and O–H groups in total. The SMILES string of the molecule is CCCOc1ccc(S(=O)(=O)N2CCOCC2)cc1NC(=O)C=Cc1cccnc1. The van der Waals surface area contributed by atoms with Crippen molar-refractivity contribution in [1.82, 2.24) is 9.29 Å². The maximum atomic E-state index is 13.0. The lowest BCUT2D eigenvalue weighted by Gasteiger charge is -2.26. The second kappa shape index (κ2) is 10.3. The summed E-state index contributed by atoms with van der Waals surface area (Å²) in [4.78, 5) is 16.5. The monoisotopic (exact) mass is 431 g/mol. The Morgan fingerprint density at radius 1 is 1.30 bits per heavy atom. The number of anilines is 1. The topological polar surface area (TPSA) is 97.8 Å². The first kappa shape index (κ1) is 21.9. The molecular weight excluding hydrogens is 406 g/mol. The number of aromatic nitrogens is 1. The third-order valence-corrected chi connectivity index (χ3v) is 6.28. The smallest absolute Gasteiger partial charge is 0.248 e.